The Kier molecular flexibility index (Phi) is 5.43. The van der Waals surface area contributed by atoms with Crippen molar-refractivity contribution in [3.8, 4) is 0 Å². The average molecular weight is 317 g/mol. The van der Waals surface area contributed by atoms with Crippen LogP contribution in [0.25, 0.3) is 0 Å². The third-order valence-corrected chi connectivity index (χ3v) is 5.83. The van der Waals surface area contributed by atoms with E-state index >= 15 is 0 Å². The summed E-state index contributed by atoms with van der Waals surface area (Å²) in [6.45, 7) is 14.1. The van der Waals surface area contributed by atoms with Crippen LogP contribution in [0.5, 0.6) is 0 Å². The third-order valence-electron chi connectivity index (χ3n) is 3.86. The first kappa shape index (κ1) is 16.9. The van der Waals surface area contributed by atoms with Crippen LogP contribution in [0.4, 0.5) is 0 Å². The van der Waals surface area contributed by atoms with E-state index in [1.54, 1.807) is 8.61 Å². The van der Waals surface area contributed by atoms with E-state index in [1.165, 1.54) is 0 Å². The molecular formula is C14H27N3O3S. The second kappa shape index (κ2) is 6.75. The first-order chi connectivity index (χ1) is 9.79. The average Bonchev–Trinajstić information content (AvgIpc) is 2.37. The molecule has 7 heteroatoms. The van der Waals surface area contributed by atoms with Crippen molar-refractivity contribution in [2.75, 3.05) is 45.8 Å². The number of rotatable bonds is 4. The molecule has 21 heavy (non-hydrogen) atoms. The number of ether oxygens (including phenoxy) is 1. The molecule has 0 amide bonds. The van der Waals surface area contributed by atoms with Gasteiger partial charge in [-0.25, -0.2) is 0 Å². The standard InChI is InChI=1S/C14H27N3O3S/c1-12(2)9-15-5-7-16(8-6-15)21(18,19)17-10-13(3)20-14(4)11-17/h13-14H,1,5-11H2,2-4H3. The van der Waals surface area contributed by atoms with Crippen LogP contribution in [0.3, 0.4) is 0 Å². The summed E-state index contributed by atoms with van der Waals surface area (Å²) in [7, 11) is -3.37. The Labute approximate surface area is 128 Å². The van der Waals surface area contributed by atoms with Crippen molar-refractivity contribution >= 4 is 10.2 Å². The highest BCUT2D eigenvalue weighted by atomic mass is 32.2. The number of morpholine rings is 1. The van der Waals surface area contributed by atoms with Crippen LogP contribution in [-0.4, -0.2) is 79.9 Å². The zero-order chi connectivity index (χ0) is 15.6. The largest absolute Gasteiger partial charge is 0.373 e. The van der Waals surface area contributed by atoms with Crippen molar-refractivity contribution in [3.05, 3.63) is 12.2 Å². The zero-order valence-corrected chi connectivity index (χ0v) is 14.1. The minimum absolute atomic E-state index is 0.0479. The monoisotopic (exact) mass is 317 g/mol. The Morgan fingerprint density at radius 3 is 2.10 bits per heavy atom. The molecule has 0 saturated carbocycles. The first-order valence-corrected chi connectivity index (χ1v) is 8.96. The molecule has 2 saturated heterocycles. The third kappa shape index (κ3) is 4.26. The molecule has 0 aliphatic carbocycles. The summed E-state index contributed by atoms with van der Waals surface area (Å²) < 4.78 is 34.2. The van der Waals surface area contributed by atoms with Gasteiger partial charge in [-0.2, -0.15) is 17.0 Å². The minimum Gasteiger partial charge on any atom is -0.373 e. The van der Waals surface area contributed by atoms with Gasteiger partial charge in [0.2, 0.25) is 0 Å². The number of piperazine rings is 1. The number of nitrogens with zero attached hydrogens (tertiary/aromatic N) is 3. The molecule has 6 nitrogen and oxygen atoms in total. The predicted octanol–water partition coefficient (Wildman–Crippen LogP) is 0.534. The summed E-state index contributed by atoms with van der Waals surface area (Å²) in [6, 6.07) is 0. The molecule has 0 aromatic carbocycles. The summed E-state index contributed by atoms with van der Waals surface area (Å²) in [5.74, 6) is 0. The van der Waals surface area contributed by atoms with E-state index in [9.17, 15) is 8.42 Å². The molecule has 0 N–H and O–H groups in total. The molecule has 2 atom stereocenters. The van der Waals surface area contributed by atoms with Crippen LogP contribution >= 0.6 is 0 Å². The fourth-order valence-corrected chi connectivity index (χ4v) is 4.73. The van der Waals surface area contributed by atoms with Crippen molar-refractivity contribution in [1.82, 2.24) is 13.5 Å². The van der Waals surface area contributed by atoms with Gasteiger partial charge in [0.05, 0.1) is 12.2 Å². The molecule has 2 heterocycles. The molecule has 0 aromatic rings. The Bertz CT molecular complexity index is 462. The van der Waals surface area contributed by atoms with Crippen molar-refractivity contribution in [3.63, 3.8) is 0 Å². The second-order valence-corrected chi connectivity index (χ2v) is 8.14. The highest BCUT2D eigenvalue weighted by molar-refractivity contribution is 7.86. The number of hydrogen-bond donors (Lipinski definition) is 0. The molecule has 2 aliphatic heterocycles. The van der Waals surface area contributed by atoms with Gasteiger partial charge >= 0.3 is 0 Å². The molecule has 122 valence electrons. The molecule has 0 spiro atoms. The maximum atomic E-state index is 12.7. The van der Waals surface area contributed by atoms with Gasteiger partial charge in [-0.05, 0) is 20.8 Å². The molecule has 2 fully saturated rings. The van der Waals surface area contributed by atoms with Crippen molar-refractivity contribution in [1.29, 1.82) is 0 Å². The fraction of sp³-hybridized carbons (Fsp3) is 0.857. The van der Waals surface area contributed by atoms with E-state index in [1.807, 2.05) is 20.8 Å². The Hall–Kier alpha value is -0.470. The summed E-state index contributed by atoms with van der Waals surface area (Å²) in [5, 5.41) is 0. The molecular weight excluding hydrogens is 290 g/mol. The van der Waals surface area contributed by atoms with E-state index in [-0.39, 0.29) is 12.2 Å². The maximum Gasteiger partial charge on any atom is 0.282 e. The van der Waals surface area contributed by atoms with E-state index in [0.717, 1.165) is 25.2 Å². The highest BCUT2D eigenvalue weighted by Gasteiger charge is 2.36. The van der Waals surface area contributed by atoms with E-state index in [0.29, 0.717) is 26.2 Å². The van der Waals surface area contributed by atoms with Gasteiger partial charge in [-0.3, -0.25) is 4.90 Å². The van der Waals surface area contributed by atoms with Crippen LogP contribution in [0.2, 0.25) is 0 Å². The SMILES string of the molecule is C=C(C)CN1CCN(S(=O)(=O)N2CC(C)OC(C)C2)CC1. The highest BCUT2D eigenvalue weighted by Crippen LogP contribution is 2.19. The van der Waals surface area contributed by atoms with Gasteiger partial charge in [0.1, 0.15) is 0 Å². The molecule has 2 aliphatic rings. The lowest BCUT2D eigenvalue weighted by atomic mass is 10.3. The number of hydrogen-bond acceptors (Lipinski definition) is 4. The van der Waals surface area contributed by atoms with Crippen LogP contribution in [0.15, 0.2) is 12.2 Å². The Balaban J connectivity index is 1.96. The Morgan fingerprint density at radius 1 is 1.10 bits per heavy atom. The predicted molar refractivity (Wildman–Crippen MR) is 83.3 cm³/mol. The van der Waals surface area contributed by atoms with Crippen molar-refractivity contribution in [2.45, 2.75) is 33.0 Å². The summed E-state index contributed by atoms with van der Waals surface area (Å²) in [6.07, 6.45) is -0.0959. The summed E-state index contributed by atoms with van der Waals surface area (Å²) in [5.41, 5.74) is 1.11. The Morgan fingerprint density at radius 2 is 1.62 bits per heavy atom. The molecule has 0 radical (unpaired) electrons. The normalized spacial score (nSPS) is 30.4. The lowest BCUT2D eigenvalue weighted by molar-refractivity contribution is -0.0457. The van der Waals surface area contributed by atoms with Gasteiger partial charge in [-0.15, -0.1) is 0 Å². The zero-order valence-electron chi connectivity index (χ0n) is 13.3. The van der Waals surface area contributed by atoms with Crippen LogP contribution < -0.4 is 0 Å². The van der Waals surface area contributed by atoms with E-state index in [4.69, 9.17) is 4.74 Å². The maximum absolute atomic E-state index is 12.7. The van der Waals surface area contributed by atoms with E-state index < -0.39 is 10.2 Å². The van der Waals surface area contributed by atoms with Crippen LogP contribution in [-0.2, 0) is 14.9 Å². The summed E-state index contributed by atoms with van der Waals surface area (Å²) >= 11 is 0. The van der Waals surface area contributed by atoms with Gasteiger partial charge in [0.25, 0.3) is 10.2 Å². The van der Waals surface area contributed by atoms with Gasteiger partial charge in [0.15, 0.2) is 0 Å². The van der Waals surface area contributed by atoms with Gasteiger partial charge < -0.3 is 4.74 Å². The van der Waals surface area contributed by atoms with Gasteiger partial charge in [0, 0.05) is 45.8 Å². The first-order valence-electron chi connectivity index (χ1n) is 7.56. The molecule has 0 bridgehead atoms. The van der Waals surface area contributed by atoms with Crippen LogP contribution in [0.1, 0.15) is 20.8 Å². The molecule has 2 rings (SSSR count). The molecule has 0 aromatic heterocycles. The molecule has 2 unspecified atom stereocenters. The lowest BCUT2D eigenvalue weighted by Crippen LogP contribution is -2.57. The lowest BCUT2D eigenvalue weighted by Gasteiger charge is -2.40. The van der Waals surface area contributed by atoms with Crippen molar-refractivity contribution < 1.29 is 13.2 Å². The van der Waals surface area contributed by atoms with Crippen LogP contribution in [0, 0.1) is 0 Å². The second-order valence-electron chi connectivity index (χ2n) is 6.21. The smallest absolute Gasteiger partial charge is 0.282 e. The van der Waals surface area contributed by atoms with E-state index in [2.05, 4.69) is 11.5 Å². The fourth-order valence-electron chi connectivity index (χ4n) is 2.98. The van der Waals surface area contributed by atoms with Gasteiger partial charge in [-0.1, -0.05) is 12.2 Å². The van der Waals surface area contributed by atoms with Crippen molar-refractivity contribution in [2.24, 2.45) is 0 Å². The minimum atomic E-state index is -3.37. The topological polar surface area (TPSA) is 53.1 Å². The quantitative estimate of drug-likeness (QED) is 0.710. The summed E-state index contributed by atoms with van der Waals surface area (Å²) in [4.78, 5) is 2.25.